The molecule has 8 nitrogen and oxygen atoms in total. The number of aromatic nitrogens is 1. The molecule has 2 fully saturated rings. The van der Waals surface area contributed by atoms with Gasteiger partial charge in [-0.25, -0.2) is 0 Å². The van der Waals surface area contributed by atoms with Crippen LogP contribution in [-0.2, 0) is 25.4 Å². The fourth-order valence-corrected chi connectivity index (χ4v) is 7.70. The minimum absolute atomic E-state index is 0.0216. The van der Waals surface area contributed by atoms with E-state index in [0.29, 0.717) is 19.3 Å². The van der Waals surface area contributed by atoms with Crippen molar-refractivity contribution in [1.29, 1.82) is 0 Å². The van der Waals surface area contributed by atoms with Gasteiger partial charge >= 0.3 is 0 Å². The number of ether oxygens (including phenoxy) is 5. The molecule has 0 spiro atoms. The van der Waals surface area contributed by atoms with Crippen molar-refractivity contribution >= 4 is 0 Å². The maximum absolute atomic E-state index is 6.27. The van der Waals surface area contributed by atoms with Crippen molar-refractivity contribution in [2.45, 2.75) is 181 Å². The van der Waals surface area contributed by atoms with Gasteiger partial charge in [0.1, 0.15) is 5.75 Å². The fourth-order valence-electron chi connectivity index (χ4n) is 7.70. The van der Waals surface area contributed by atoms with Gasteiger partial charge in [0.15, 0.2) is 0 Å². The van der Waals surface area contributed by atoms with Crippen LogP contribution in [0.1, 0.15) is 152 Å². The molecule has 3 rings (SSSR count). The van der Waals surface area contributed by atoms with Crippen LogP contribution in [0, 0.1) is 5.92 Å². The topological polar surface area (TPSA) is 65.5 Å². The lowest BCUT2D eigenvalue weighted by atomic mass is 9.80. The van der Waals surface area contributed by atoms with Gasteiger partial charge in [-0.3, -0.25) is 14.8 Å². The summed E-state index contributed by atoms with van der Waals surface area (Å²) in [6.45, 7) is 31.8. The highest BCUT2D eigenvalue weighted by Gasteiger charge is 2.43. The molecule has 0 amide bonds. The monoisotopic (exact) mass is 732 g/mol. The quantitative estimate of drug-likeness (QED) is 0.0874. The largest absolute Gasteiger partial charge is 0.492 e. The Morgan fingerprint density at radius 3 is 1.85 bits per heavy atom. The zero-order valence-electron chi connectivity index (χ0n) is 35.5. The summed E-state index contributed by atoms with van der Waals surface area (Å²) in [7, 11) is 0. The number of aryl methyl sites for hydroxylation is 1. The summed E-state index contributed by atoms with van der Waals surface area (Å²) in [6.07, 6.45) is 17.6. The number of likely N-dealkylation sites (tertiary alicyclic amines) is 2. The predicted molar refractivity (Wildman–Crippen MR) is 216 cm³/mol. The number of hydrogen-bond donors (Lipinski definition) is 0. The Morgan fingerprint density at radius 2 is 1.23 bits per heavy atom. The van der Waals surface area contributed by atoms with Crippen molar-refractivity contribution in [3.05, 3.63) is 24.0 Å². The van der Waals surface area contributed by atoms with Crippen LogP contribution in [0.3, 0.4) is 0 Å². The highest BCUT2D eigenvalue weighted by molar-refractivity contribution is 5.19. The summed E-state index contributed by atoms with van der Waals surface area (Å²) >= 11 is 0. The molecule has 2 saturated heterocycles. The molecule has 0 N–H and O–H groups in total. The van der Waals surface area contributed by atoms with Crippen molar-refractivity contribution in [3.8, 4) is 5.75 Å². The summed E-state index contributed by atoms with van der Waals surface area (Å²) in [5.41, 5.74) is 1.33. The average Bonchev–Trinajstić information content (AvgIpc) is 3.03. The molecule has 0 atom stereocenters. The highest BCUT2D eigenvalue weighted by atomic mass is 16.5. The smallest absolute Gasteiger partial charge is 0.137 e. The number of unbranched alkanes of at least 4 members (excludes halogenated alkanes) is 4. The minimum Gasteiger partial charge on any atom is -0.492 e. The van der Waals surface area contributed by atoms with Crippen LogP contribution in [0.5, 0.6) is 5.75 Å². The van der Waals surface area contributed by atoms with E-state index in [9.17, 15) is 0 Å². The highest BCUT2D eigenvalue weighted by Crippen LogP contribution is 2.36. The first kappa shape index (κ1) is 45.1. The van der Waals surface area contributed by atoms with E-state index >= 15 is 0 Å². The number of hydrogen-bond acceptors (Lipinski definition) is 8. The average molecular weight is 732 g/mol. The van der Waals surface area contributed by atoms with E-state index in [1.54, 1.807) is 0 Å². The summed E-state index contributed by atoms with van der Waals surface area (Å²) < 4.78 is 29.5. The molecule has 2 aliphatic heterocycles. The SMILES string of the molecule is CC(C)(C)OCCCCCOCCCCCC1CCN(C(C)(C)CC(C)(C)N2CC(OCCCc3ccc(OCCCOC(C)(C)C)cn3)C2)CC1. The molecule has 0 aromatic carbocycles. The Kier molecular flexibility index (Phi) is 19.4. The van der Waals surface area contributed by atoms with E-state index in [2.05, 4.69) is 90.1 Å². The fraction of sp³-hybridized carbons (Fsp3) is 0.886. The molecule has 0 bridgehead atoms. The van der Waals surface area contributed by atoms with Gasteiger partial charge < -0.3 is 23.7 Å². The standard InChI is InChI=1S/C44H81N3O5/c1-41(2,3)51-31-16-12-15-28-48-27-14-11-13-19-37-23-25-46(26-24-37)43(7,8)36-44(9,10)47-34-40(35-47)50-29-17-20-38-21-22-39(33-45-38)49-30-18-32-52-42(4,5)6/h21-22,33,37,40H,11-20,23-32,34-36H2,1-10H3. The van der Waals surface area contributed by atoms with Gasteiger partial charge in [0, 0.05) is 62.7 Å². The number of piperidine rings is 1. The molecule has 0 radical (unpaired) electrons. The number of rotatable bonds is 26. The lowest BCUT2D eigenvalue weighted by Crippen LogP contribution is -2.63. The van der Waals surface area contributed by atoms with E-state index in [-0.39, 0.29) is 22.3 Å². The second kappa shape index (κ2) is 22.3. The molecule has 0 aliphatic carbocycles. The Balaban J connectivity index is 1.18. The Morgan fingerprint density at radius 1 is 0.635 bits per heavy atom. The second-order valence-corrected chi connectivity index (χ2v) is 18.9. The van der Waals surface area contributed by atoms with Crippen molar-refractivity contribution in [2.24, 2.45) is 5.92 Å². The lowest BCUT2D eigenvalue weighted by Gasteiger charge is -2.53. The first-order valence-electron chi connectivity index (χ1n) is 21.1. The molecule has 2 aliphatic rings. The minimum atomic E-state index is -0.100. The third-order valence-electron chi connectivity index (χ3n) is 10.7. The third-order valence-corrected chi connectivity index (χ3v) is 10.7. The van der Waals surface area contributed by atoms with Gasteiger partial charge in [0.05, 0.1) is 36.7 Å². The van der Waals surface area contributed by atoms with Crippen LogP contribution in [0.15, 0.2) is 18.3 Å². The summed E-state index contributed by atoms with van der Waals surface area (Å²) in [5, 5.41) is 0. The number of pyridine rings is 1. The summed E-state index contributed by atoms with van der Waals surface area (Å²) in [5.74, 6) is 1.71. The second-order valence-electron chi connectivity index (χ2n) is 18.9. The zero-order valence-corrected chi connectivity index (χ0v) is 35.5. The van der Waals surface area contributed by atoms with Gasteiger partial charge in [-0.2, -0.15) is 0 Å². The van der Waals surface area contributed by atoms with Crippen molar-refractivity contribution in [2.75, 3.05) is 65.8 Å². The first-order valence-corrected chi connectivity index (χ1v) is 21.1. The van der Waals surface area contributed by atoms with Crippen LogP contribution < -0.4 is 4.74 Å². The number of nitrogens with zero attached hydrogens (tertiary/aromatic N) is 3. The molecule has 52 heavy (non-hydrogen) atoms. The van der Waals surface area contributed by atoms with Crippen LogP contribution in [0.25, 0.3) is 0 Å². The predicted octanol–water partition coefficient (Wildman–Crippen LogP) is 9.52. The molecule has 0 unspecified atom stereocenters. The molecule has 302 valence electrons. The van der Waals surface area contributed by atoms with E-state index in [1.165, 1.54) is 64.5 Å². The van der Waals surface area contributed by atoms with Crippen LogP contribution >= 0.6 is 0 Å². The molecular weight excluding hydrogens is 651 g/mol. The zero-order chi connectivity index (χ0) is 38.1. The molecule has 3 heterocycles. The third kappa shape index (κ3) is 18.8. The van der Waals surface area contributed by atoms with E-state index in [4.69, 9.17) is 23.7 Å². The molecule has 1 aromatic heterocycles. The summed E-state index contributed by atoms with van der Waals surface area (Å²) in [6, 6.07) is 4.10. The van der Waals surface area contributed by atoms with Crippen LogP contribution in [-0.4, -0.2) is 109 Å². The van der Waals surface area contributed by atoms with Gasteiger partial charge in [-0.15, -0.1) is 0 Å². The van der Waals surface area contributed by atoms with Crippen LogP contribution in [0.2, 0.25) is 0 Å². The van der Waals surface area contributed by atoms with E-state index in [1.807, 2.05) is 12.3 Å². The Bertz CT molecular complexity index is 1070. The maximum atomic E-state index is 6.27. The normalized spacial score (nSPS) is 17.5. The van der Waals surface area contributed by atoms with Gasteiger partial charge in [-0.05, 0) is 158 Å². The lowest BCUT2D eigenvalue weighted by molar-refractivity contribution is -0.106. The molecule has 8 heteroatoms. The summed E-state index contributed by atoms with van der Waals surface area (Å²) in [4.78, 5) is 10.0. The van der Waals surface area contributed by atoms with Crippen molar-refractivity contribution in [3.63, 3.8) is 0 Å². The van der Waals surface area contributed by atoms with E-state index in [0.717, 1.165) is 89.0 Å². The first-order chi connectivity index (χ1) is 24.5. The van der Waals surface area contributed by atoms with Gasteiger partial charge in [0.25, 0.3) is 0 Å². The van der Waals surface area contributed by atoms with Crippen molar-refractivity contribution < 1.29 is 23.7 Å². The van der Waals surface area contributed by atoms with E-state index < -0.39 is 0 Å². The van der Waals surface area contributed by atoms with Crippen molar-refractivity contribution in [1.82, 2.24) is 14.8 Å². The van der Waals surface area contributed by atoms with Gasteiger partial charge in [-0.1, -0.05) is 19.3 Å². The molecular formula is C44H81N3O5. The molecule has 1 aromatic rings. The van der Waals surface area contributed by atoms with Gasteiger partial charge in [0.2, 0.25) is 0 Å². The van der Waals surface area contributed by atoms with Crippen LogP contribution in [0.4, 0.5) is 0 Å². The molecule has 0 saturated carbocycles. The maximum Gasteiger partial charge on any atom is 0.137 e. The Hall–Kier alpha value is -1.29. The Labute approximate surface area is 320 Å².